The number of hydrogen-bond donors (Lipinski definition) is 2. The Morgan fingerprint density at radius 3 is 2.12 bits per heavy atom. The second kappa shape index (κ2) is 12.0. The maximum absolute atomic E-state index is 13.6. The van der Waals surface area contributed by atoms with Crippen molar-refractivity contribution < 1.29 is 45.3 Å². The summed E-state index contributed by atoms with van der Waals surface area (Å²) in [4.78, 5) is 0. The predicted octanol–water partition coefficient (Wildman–Crippen LogP) is 5.31. The minimum atomic E-state index is -4.68. The van der Waals surface area contributed by atoms with E-state index in [9.17, 15) is 36.0 Å². The lowest BCUT2D eigenvalue weighted by molar-refractivity contribution is -0.139. The molecule has 0 saturated heterocycles. The molecule has 12 heteroatoms. The zero-order valence-electron chi connectivity index (χ0n) is 18.0. The van der Waals surface area contributed by atoms with Gasteiger partial charge in [0.05, 0.1) is 29.9 Å². The van der Waals surface area contributed by atoms with Gasteiger partial charge in [-0.3, -0.25) is 0 Å². The maximum Gasteiger partial charge on any atom is 0.494 e. The number of aryl methyl sites for hydroxylation is 2. The molecule has 2 atom stereocenters. The van der Waals surface area contributed by atoms with E-state index in [-0.39, 0.29) is 31.8 Å². The lowest BCUT2D eigenvalue weighted by Gasteiger charge is -2.24. The van der Waals surface area contributed by atoms with E-state index < -0.39 is 44.3 Å². The standard InChI is InChI=1S/C22H25F6NO4P/c23-21(24,25)17-6-3-15(4-7-17)2-1-11-32-19-8-5-16(12-18(19)22(26,27)28)9-10-20(29,13-30)14-33-34-31/h3-8,12,30,34H,1-2,9-11,13-14,29H2/q+1. The van der Waals surface area contributed by atoms with Gasteiger partial charge in [-0.15, -0.1) is 4.52 Å². The van der Waals surface area contributed by atoms with Crippen LogP contribution in [0.1, 0.15) is 35.1 Å². The summed E-state index contributed by atoms with van der Waals surface area (Å²) in [5, 5.41) is 9.42. The van der Waals surface area contributed by atoms with Gasteiger partial charge in [0.25, 0.3) is 0 Å². The highest BCUT2D eigenvalue weighted by molar-refractivity contribution is 7.17. The third-order valence-electron chi connectivity index (χ3n) is 5.14. The van der Waals surface area contributed by atoms with Gasteiger partial charge in [-0.05, 0) is 65.6 Å². The normalized spacial score (nSPS) is 14.2. The second-order valence-corrected chi connectivity index (χ2v) is 8.32. The Morgan fingerprint density at radius 2 is 1.56 bits per heavy atom. The van der Waals surface area contributed by atoms with Crippen molar-refractivity contribution in [2.45, 2.75) is 43.6 Å². The van der Waals surface area contributed by atoms with Crippen LogP contribution in [-0.4, -0.2) is 30.5 Å². The van der Waals surface area contributed by atoms with Crippen molar-refractivity contribution in [1.82, 2.24) is 0 Å². The molecule has 2 aromatic rings. The molecule has 0 aliphatic rings. The van der Waals surface area contributed by atoms with Crippen LogP contribution in [0.25, 0.3) is 0 Å². The van der Waals surface area contributed by atoms with Crippen molar-refractivity contribution in [1.29, 1.82) is 0 Å². The van der Waals surface area contributed by atoms with Gasteiger partial charge in [-0.25, -0.2) is 0 Å². The van der Waals surface area contributed by atoms with Crippen molar-refractivity contribution >= 4 is 8.69 Å². The first-order valence-corrected chi connectivity index (χ1v) is 11.1. The van der Waals surface area contributed by atoms with Crippen molar-refractivity contribution in [2.75, 3.05) is 19.8 Å². The number of nitrogens with two attached hydrogens (primary N) is 1. The number of hydrogen-bond acceptors (Lipinski definition) is 5. The largest absolute Gasteiger partial charge is 0.494 e. The summed E-state index contributed by atoms with van der Waals surface area (Å²) in [5.74, 6) is -0.360. The van der Waals surface area contributed by atoms with Gasteiger partial charge in [0.1, 0.15) is 12.4 Å². The first-order chi connectivity index (χ1) is 15.9. The van der Waals surface area contributed by atoms with E-state index in [0.29, 0.717) is 24.0 Å². The SMILES string of the molecule is NC(CO)(CCc1ccc(OCCCc2ccc(C(F)(F)F)cc2)c(C(F)(F)F)c1)CO[PH+]=O. The number of aliphatic hydroxyl groups is 1. The van der Waals surface area contributed by atoms with Gasteiger partial charge in [0.15, 0.2) is 0 Å². The van der Waals surface area contributed by atoms with Gasteiger partial charge in [-0.1, -0.05) is 18.2 Å². The van der Waals surface area contributed by atoms with Crippen LogP contribution in [0.5, 0.6) is 5.75 Å². The number of alkyl halides is 6. The minimum Gasteiger partial charge on any atom is -0.493 e. The van der Waals surface area contributed by atoms with Crippen LogP contribution in [0, 0.1) is 0 Å². The summed E-state index contributed by atoms with van der Waals surface area (Å²) in [6.45, 7) is -0.769. The lowest BCUT2D eigenvalue weighted by Crippen LogP contribution is -2.47. The average Bonchev–Trinajstić information content (AvgIpc) is 2.78. The molecule has 0 aliphatic heterocycles. The Kier molecular flexibility index (Phi) is 9.87. The van der Waals surface area contributed by atoms with Crippen molar-refractivity contribution in [3.63, 3.8) is 0 Å². The Morgan fingerprint density at radius 1 is 0.912 bits per heavy atom. The predicted molar refractivity (Wildman–Crippen MR) is 114 cm³/mol. The Balaban J connectivity index is 1.99. The molecule has 0 saturated carbocycles. The fourth-order valence-electron chi connectivity index (χ4n) is 3.16. The summed E-state index contributed by atoms with van der Waals surface area (Å²) >= 11 is 0. The summed E-state index contributed by atoms with van der Waals surface area (Å²) in [7, 11) is -1.07. The summed E-state index contributed by atoms with van der Waals surface area (Å²) in [6.07, 6.45) is -8.27. The van der Waals surface area contributed by atoms with Crippen LogP contribution < -0.4 is 10.5 Å². The highest BCUT2D eigenvalue weighted by Gasteiger charge is 2.35. The van der Waals surface area contributed by atoms with Crippen LogP contribution in [0.15, 0.2) is 42.5 Å². The molecule has 5 nitrogen and oxygen atoms in total. The number of aliphatic hydroxyl groups excluding tert-OH is 1. The zero-order chi connectivity index (χ0) is 25.4. The summed E-state index contributed by atoms with van der Waals surface area (Å²) in [5.41, 5.74) is 3.87. The van der Waals surface area contributed by atoms with Gasteiger partial charge in [-0.2, -0.15) is 26.3 Å². The molecule has 3 N–H and O–H groups in total. The molecule has 0 heterocycles. The quantitative estimate of drug-likeness (QED) is 0.229. The molecule has 2 unspecified atom stereocenters. The van der Waals surface area contributed by atoms with E-state index in [0.717, 1.165) is 18.2 Å². The monoisotopic (exact) mass is 512 g/mol. The van der Waals surface area contributed by atoms with Gasteiger partial charge >= 0.3 is 21.0 Å². The van der Waals surface area contributed by atoms with Crippen LogP contribution in [0.2, 0.25) is 0 Å². The van der Waals surface area contributed by atoms with Crippen LogP contribution in [-0.2, 0) is 34.3 Å². The molecule has 188 valence electrons. The Labute approximate surface area is 194 Å². The lowest BCUT2D eigenvalue weighted by atomic mass is 9.93. The Hall–Kier alpha value is -2.20. The van der Waals surface area contributed by atoms with E-state index in [1.54, 1.807) is 0 Å². The molecule has 34 heavy (non-hydrogen) atoms. The number of ether oxygens (including phenoxy) is 1. The number of benzene rings is 2. The van der Waals surface area contributed by atoms with Crippen LogP contribution in [0.3, 0.4) is 0 Å². The van der Waals surface area contributed by atoms with E-state index >= 15 is 0 Å². The maximum atomic E-state index is 13.6. The molecule has 0 radical (unpaired) electrons. The van der Waals surface area contributed by atoms with Crippen molar-refractivity contribution in [3.8, 4) is 5.75 Å². The second-order valence-electron chi connectivity index (χ2n) is 7.87. The highest BCUT2D eigenvalue weighted by atomic mass is 31.1. The van der Waals surface area contributed by atoms with Gasteiger partial charge in [0.2, 0.25) is 0 Å². The number of rotatable bonds is 12. The van der Waals surface area contributed by atoms with E-state index in [1.807, 2.05) is 0 Å². The first kappa shape index (κ1) is 28.0. The average molecular weight is 512 g/mol. The third-order valence-corrected chi connectivity index (χ3v) is 5.41. The molecular weight excluding hydrogens is 487 g/mol. The summed E-state index contributed by atoms with van der Waals surface area (Å²) in [6, 6.07) is 8.15. The zero-order valence-corrected chi connectivity index (χ0v) is 19.0. The smallest absolute Gasteiger partial charge is 0.493 e. The molecular formula is C22H25F6NO4P+. The molecule has 2 aromatic carbocycles. The van der Waals surface area contributed by atoms with E-state index in [2.05, 4.69) is 0 Å². The molecule has 2 rings (SSSR count). The van der Waals surface area contributed by atoms with Crippen LogP contribution in [0.4, 0.5) is 26.3 Å². The first-order valence-electron chi connectivity index (χ1n) is 10.3. The van der Waals surface area contributed by atoms with Gasteiger partial charge < -0.3 is 15.6 Å². The molecule has 0 aliphatic carbocycles. The summed E-state index contributed by atoms with van der Waals surface area (Å²) < 4.78 is 99.0. The van der Waals surface area contributed by atoms with E-state index in [4.69, 9.17) is 15.0 Å². The minimum absolute atomic E-state index is 0.0623. The number of halogens is 6. The fourth-order valence-corrected chi connectivity index (χ4v) is 3.51. The third kappa shape index (κ3) is 8.54. The highest BCUT2D eigenvalue weighted by Crippen LogP contribution is 2.37. The topological polar surface area (TPSA) is 81.8 Å². The van der Waals surface area contributed by atoms with Crippen molar-refractivity contribution in [2.24, 2.45) is 5.73 Å². The van der Waals surface area contributed by atoms with Gasteiger partial charge in [0, 0.05) is 0 Å². The molecule has 0 bridgehead atoms. The molecule has 0 fully saturated rings. The van der Waals surface area contributed by atoms with Crippen molar-refractivity contribution in [3.05, 3.63) is 64.7 Å². The van der Waals surface area contributed by atoms with E-state index in [1.165, 1.54) is 24.3 Å². The molecule has 0 amide bonds. The molecule has 0 spiro atoms. The van der Waals surface area contributed by atoms with Crippen LogP contribution >= 0.6 is 8.69 Å². The fraction of sp³-hybridized carbons (Fsp3) is 0.455. The molecule has 0 aromatic heterocycles. The Bertz CT molecular complexity index is 936.